The molecule has 1 heterocycles. The number of esters is 2. The predicted molar refractivity (Wildman–Crippen MR) is 125 cm³/mol. The first-order valence-corrected chi connectivity index (χ1v) is 11.2. The molecular weight excluding hydrogens is 434 g/mol. The number of rotatable bonds is 6. The molecule has 34 heavy (non-hydrogen) atoms. The number of benzene rings is 3. The number of carbonyl (C=O) groups is 2. The summed E-state index contributed by atoms with van der Waals surface area (Å²) in [6.45, 7) is 0.773. The van der Waals surface area contributed by atoms with Gasteiger partial charge in [-0.3, -0.25) is 4.90 Å². The molecule has 7 heteroatoms. The summed E-state index contributed by atoms with van der Waals surface area (Å²) >= 11 is 0. The van der Waals surface area contributed by atoms with Gasteiger partial charge in [0.2, 0.25) is 0 Å². The van der Waals surface area contributed by atoms with Crippen LogP contribution >= 0.6 is 0 Å². The van der Waals surface area contributed by atoms with Crippen LogP contribution < -0.4 is 0 Å². The summed E-state index contributed by atoms with van der Waals surface area (Å²) < 4.78 is 11.2. The maximum Gasteiger partial charge on any atom is 0.338 e. The second-order valence-corrected chi connectivity index (χ2v) is 8.28. The number of aliphatic hydroxyl groups is 2. The van der Waals surface area contributed by atoms with E-state index in [-0.39, 0.29) is 13.1 Å². The quantitative estimate of drug-likeness (QED) is 0.545. The molecule has 1 saturated heterocycles. The van der Waals surface area contributed by atoms with Gasteiger partial charge in [0.15, 0.2) is 0 Å². The fourth-order valence-electron chi connectivity index (χ4n) is 3.98. The van der Waals surface area contributed by atoms with Gasteiger partial charge in [0, 0.05) is 19.6 Å². The Morgan fingerprint density at radius 2 is 1.06 bits per heavy atom. The SMILES string of the molecule is O=C(O[C@H]1CN(Cc2ccccc2)C[C@H](OC(=O)c2ccccc2)[C@@H](O)[C@@H]1O)c1ccccc1. The Morgan fingerprint density at radius 1 is 0.676 bits per heavy atom. The summed E-state index contributed by atoms with van der Waals surface area (Å²) in [5, 5.41) is 21.8. The zero-order valence-electron chi connectivity index (χ0n) is 18.6. The van der Waals surface area contributed by atoms with E-state index in [0.717, 1.165) is 5.56 Å². The van der Waals surface area contributed by atoms with Crippen LogP contribution in [0.1, 0.15) is 26.3 Å². The van der Waals surface area contributed by atoms with Crippen molar-refractivity contribution < 1.29 is 29.3 Å². The van der Waals surface area contributed by atoms with E-state index >= 15 is 0 Å². The molecule has 1 fully saturated rings. The first kappa shape index (κ1) is 23.6. The van der Waals surface area contributed by atoms with Crippen LogP contribution in [-0.2, 0) is 16.0 Å². The fraction of sp³-hybridized carbons (Fsp3) is 0.259. The Bertz CT molecular complexity index is 1010. The molecule has 0 bridgehead atoms. The first-order valence-electron chi connectivity index (χ1n) is 11.2. The van der Waals surface area contributed by atoms with Gasteiger partial charge in [-0.15, -0.1) is 0 Å². The Balaban J connectivity index is 1.55. The van der Waals surface area contributed by atoms with Gasteiger partial charge in [0.1, 0.15) is 24.4 Å². The largest absolute Gasteiger partial charge is 0.455 e. The van der Waals surface area contributed by atoms with Crippen molar-refractivity contribution in [2.75, 3.05) is 13.1 Å². The summed E-state index contributed by atoms with van der Waals surface area (Å²) in [7, 11) is 0. The second-order valence-electron chi connectivity index (χ2n) is 8.28. The van der Waals surface area contributed by atoms with Gasteiger partial charge in [-0.25, -0.2) is 9.59 Å². The average Bonchev–Trinajstić information content (AvgIpc) is 2.97. The van der Waals surface area contributed by atoms with Crippen LogP contribution in [0.3, 0.4) is 0 Å². The molecule has 176 valence electrons. The van der Waals surface area contributed by atoms with E-state index in [0.29, 0.717) is 17.7 Å². The Hall–Kier alpha value is -3.52. The molecule has 1 aliphatic heterocycles. The minimum Gasteiger partial charge on any atom is -0.455 e. The Morgan fingerprint density at radius 3 is 1.47 bits per heavy atom. The van der Waals surface area contributed by atoms with E-state index < -0.39 is 36.4 Å². The predicted octanol–water partition coefficient (Wildman–Crippen LogP) is 2.68. The highest BCUT2D eigenvalue weighted by molar-refractivity contribution is 5.90. The van der Waals surface area contributed by atoms with Gasteiger partial charge in [-0.1, -0.05) is 66.7 Å². The van der Waals surface area contributed by atoms with Gasteiger partial charge in [0.25, 0.3) is 0 Å². The molecule has 0 radical (unpaired) electrons. The normalized spacial score (nSPS) is 23.0. The number of aliphatic hydroxyl groups excluding tert-OH is 2. The minimum absolute atomic E-state index is 0.158. The molecule has 3 aromatic rings. The van der Waals surface area contributed by atoms with Gasteiger partial charge >= 0.3 is 11.9 Å². The fourth-order valence-corrected chi connectivity index (χ4v) is 3.98. The number of ether oxygens (including phenoxy) is 2. The smallest absolute Gasteiger partial charge is 0.338 e. The summed E-state index contributed by atoms with van der Waals surface area (Å²) in [4.78, 5) is 27.2. The number of hydrogen-bond donors (Lipinski definition) is 2. The highest BCUT2D eigenvalue weighted by Gasteiger charge is 2.42. The van der Waals surface area contributed by atoms with Crippen LogP contribution in [0, 0.1) is 0 Å². The van der Waals surface area contributed by atoms with Crippen molar-refractivity contribution in [3.05, 3.63) is 108 Å². The first-order chi connectivity index (χ1) is 16.5. The molecule has 3 aromatic carbocycles. The summed E-state index contributed by atoms with van der Waals surface area (Å²) in [5.41, 5.74) is 1.68. The average molecular weight is 462 g/mol. The van der Waals surface area contributed by atoms with Gasteiger partial charge in [-0.2, -0.15) is 0 Å². The Labute approximate surface area is 198 Å². The molecule has 0 aromatic heterocycles. The zero-order valence-corrected chi connectivity index (χ0v) is 18.6. The van der Waals surface area contributed by atoms with Crippen LogP contribution in [0.2, 0.25) is 0 Å². The Kier molecular flexibility index (Phi) is 7.69. The summed E-state index contributed by atoms with van der Waals surface area (Å²) in [6.07, 6.45) is -4.93. The molecule has 4 atom stereocenters. The van der Waals surface area contributed by atoms with Crippen molar-refractivity contribution in [3.8, 4) is 0 Å². The van der Waals surface area contributed by atoms with E-state index in [1.807, 2.05) is 35.2 Å². The van der Waals surface area contributed by atoms with Gasteiger partial charge in [-0.05, 0) is 29.8 Å². The lowest BCUT2D eigenvalue weighted by molar-refractivity contribution is -0.0987. The minimum atomic E-state index is -1.44. The molecule has 0 amide bonds. The molecule has 0 saturated carbocycles. The number of carbonyl (C=O) groups excluding carboxylic acids is 2. The van der Waals surface area contributed by atoms with Crippen molar-refractivity contribution in [2.45, 2.75) is 31.0 Å². The lowest BCUT2D eigenvalue weighted by atomic mass is 10.0. The van der Waals surface area contributed by atoms with Crippen molar-refractivity contribution >= 4 is 11.9 Å². The van der Waals surface area contributed by atoms with E-state index in [1.54, 1.807) is 60.7 Å². The standard InChI is InChI=1S/C27H27NO6/c29-24-22(33-26(31)20-12-6-2-7-13-20)17-28(16-19-10-4-1-5-11-19)18-23(25(24)30)34-27(32)21-14-8-3-9-15-21/h1-15,22-25,29-30H,16-18H2/t22-,23-,24+,25+/m0/s1. The summed E-state index contributed by atoms with van der Waals surface area (Å²) in [6, 6.07) is 26.6. The third-order valence-corrected chi connectivity index (χ3v) is 5.77. The number of hydrogen-bond acceptors (Lipinski definition) is 7. The lowest BCUT2D eigenvalue weighted by Gasteiger charge is -2.27. The molecule has 0 aliphatic carbocycles. The van der Waals surface area contributed by atoms with E-state index in [9.17, 15) is 19.8 Å². The molecular formula is C27H27NO6. The second kappa shape index (κ2) is 11.1. The van der Waals surface area contributed by atoms with Gasteiger partial charge in [0.05, 0.1) is 11.1 Å². The van der Waals surface area contributed by atoms with Gasteiger partial charge < -0.3 is 19.7 Å². The van der Waals surface area contributed by atoms with Crippen LogP contribution in [0.15, 0.2) is 91.0 Å². The molecule has 4 rings (SSSR count). The molecule has 2 N–H and O–H groups in total. The number of likely N-dealkylation sites (tertiary alicyclic amines) is 1. The van der Waals surface area contributed by atoms with Crippen LogP contribution in [-0.4, -0.2) is 64.6 Å². The topological polar surface area (TPSA) is 96.3 Å². The number of nitrogens with zero attached hydrogens (tertiary/aromatic N) is 1. The molecule has 1 aliphatic rings. The van der Waals surface area contributed by atoms with Crippen LogP contribution in [0.4, 0.5) is 0 Å². The van der Waals surface area contributed by atoms with Crippen molar-refractivity contribution in [1.29, 1.82) is 0 Å². The monoisotopic (exact) mass is 461 g/mol. The van der Waals surface area contributed by atoms with Crippen molar-refractivity contribution in [2.24, 2.45) is 0 Å². The van der Waals surface area contributed by atoms with Crippen LogP contribution in [0.5, 0.6) is 0 Å². The highest BCUT2D eigenvalue weighted by atomic mass is 16.6. The highest BCUT2D eigenvalue weighted by Crippen LogP contribution is 2.22. The third-order valence-electron chi connectivity index (χ3n) is 5.77. The third kappa shape index (κ3) is 5.88. The van der Waals surface area contributed by atoms with E-state index in [2.05, 4.69) is 0 Å². The van der Waals surface area contributed by atoms with Crippen molar-refractivity contribution in [3.63, 3.8) is 0 Å². The lowest BCUT2D eigenvalue weighted by Crippen LogP contribution is -2.47. The zero-order chi connectivity index (χ0) is 23.9. The van der Waals surface area contributed by atoms with E-state index in [1.165, 1.54) is 0 Å². The van der Waals surface area contributed by atoms with Crippen molar-refractivity contribution in [1.82, 2.24) is 4.90 Å². The maximum atomic E-state index is 12.7. The molecule has 0 spiro atoms. The molecule has 0 unspecified atom stereocenters. The summed E-state index contributed by atoms with van der Waals surface area (Å²) in [5.74, 6) is -1.20. The van der Waals surface area contributed by atoms with Crippen LogP contribution in [0.25, 0.3) is 0 Å². The molecule has 7 nitrogen and oxygen atoms in total. The maximum absolute atomic E-state index is 12.7. The van der Waals surface area contributed by atoms with E-state index in [4.69, 9.17) is 9.47 Å².